The molecule has 2 rings (SSSR count). The smallest absolute Gasteiger partial charge is 0.356 e. The zero-order chi connectivity index (χ0) is 14.2. The van der Waals surface area contributed by atoms with Crippen LogP contribution in [-0.4, -0.2) is 20.9 Å². The predicted molar refractivity (Wildman–Crippen MR) is 74.5 cm³/mol. The van der Waals surface area contributed by atoms with E-state index in [1.165, 1.54) is 0 Å². The molecule has 100 valence electrons. The van der Waals surface area contributed by atoms with Crippen LogP contribution in [0.5, 0.6) is 0 Å². The molecule has 0 unspecified atom stereocenters. The van der Waals surface area contributed by atoms with Crippen LogP contribution in [0.3, 0.4) is 0 Å². The quantitative estimate of drug-likeness (QED) is 0.917. The summed E-state index contributed by atoms with van der Waals surface area (Å²) in [5.74, 6) is -0.994. The lowest BCUT2D eigenvalue weighted by Gasteiger charge is -2.13. The Morgan fingerprint density at radius 3 is 2.53 bits per heavy atom. The fourth-order valence-electron chi connectivity index (χ4n) is 2.11. The largest absolute Gasteiger partial charge is 0.476 e. The molecule has 1 heterocycles. The molecule has 0 atom stereocenters. The van der Waals surface area contributed by atoms with Crippen molar-refractivity contribution in [2.45, 2.75) is 33.7 Å². The Morgan fingerprint density at radius 2 is 1.95 bits per heavy atom. The fourth-order valence-corrected chi connectivity index (χ4v) is 2.11. The van der Waals surface area contributed by atoms with E-state index >= 15 is 0 Å². The molecule has 0 aliphatic heterocycles. The molecular weight excluding hydrogens is 240 g/mol. The molecule has 0 spiro atoms. The molecule has 1 aromatic carbocycles. The first-order chi connectivity index (χ1) is 8.90. The number of aromatic nitrogens is 2. The van der Waals surface area contributed by atoms with Gasteiger partial charge in [-0.15, -0.1) is 0 Å². The zero-order valence-corrected chi connectivity index (χ0v) is 11.6. The van der Waals surface area contributed by atoms with Crippen molar-refractivity contribution >= 4 is 5.97 Å². The molecule has 4 nitrogen and oxygen atoms in total. The second-order valence-corrected chi connectivity index (χ2v) is 5.08. The summed E-state index contributed by atoms with van der Waals surface area (Å²) in [5, 5.41) is 13.3. The maximum atomic E-state index is 11.1. The number of benzene rings is 1. The van der Waals surface area contributed by atoms with Crippen molar-refractivity contribution in [3.63, 3.8) is 0 Å². The van der Waals surface area contributed by atoms with Gasteiger partial charge in [0.2, 0.25) is 0 Å². The Bertz CT molecular complexity index is 627. The number of nitrogens with zero attached hydrogens (tertiary/aromatic N) is 2. The highest BCUT2D eigenvalue weighted by Crippen LogP contribution is 2.27. The summed E-state index contributed by atoms with van der Waals surface area (Å²) in [4.78, 5) is 11.1. The third-order valence-electron chi connectivity index (χ3n) is 3.11. The first kappa shape index (κ1) is 13.3. The summed E-state index contributed by atoms with van der Waals surface area (Å²) in [6, 6.07) is 7.92. The number of carbonyl (C=O) groups is 1. The van der Waals surface area contributed by atoms with Crippen molar-refractivity contribution in [1.82, 2.24) is 9.78 Å². The number of aromatic carboxylic acids is 1. The Hall–Kier alpha value is -2.10. The minimum Gasteiger partial charge on any atom is -0.476 e. The lowest BCUT2D eigenvalue weighted by molar-refractivity contribution is 0.0689. The molecule has 0 amide bonds. The predicted octanol–water partition coefficient (Wildman–Crippen LogP) is 3.45. The van der Waals surface area contributed by atoms with Crippen molar-refractivity contribution in [3.8, 4) is 11.3 Å². The van der Waals surface area contributed by atoms with Crippen LogP contribution < -0.4 is 0 Å². The van der Waals surface area contributed by atoms with E-state index in [1.807, 2.05) is 39.8 Å². The maximum absolute atomic E-state index is 11.1. The lowest BCUT2D eigenvalue weighted by Crippen LogP contribution is -2.07. The van der Waals surface area contributed by atoms with Crippen molar-refractivity contribution in [2.75, 3.05) is 0 Å². The van der Waals surface area contributed by atoms with Crippen LogP contribution in [0.1, 0.15) is 41.5 Å². The average Bonchev–Trinajstić information content (AvgIpc) is 2.77. The van der Waals surface area contributed by atoms with Gasteiger partial charge in [0, 0.05) is 11.6 Å². The van der Waals surface area contributed by atoms with Gasteiger partial charge in [-0.25, -0.2) is 4.79 Å². The highest BCUT2D eigenvalue weighted by Gasteiger charge is 2.17. The van der Waals surface area contributed by atoms with Gasteiger partial charge in [-0.3, -0.25) is 4.68 Å². The molecule has 4 heteroatoms. The molecule has 0 saturated carbocycles. The van der Waals surface area contributed by atoms with E-state index in [1.54, 1.807) is 10.7 Å². The molecule has 0 bridgehead atoms. The third kappa shape index (κ3) is 2.52. The van der Waals surface area contributed by atoms with Crippen LogP contribution >= 0.6 is 0 Å². The van der Waals surface area contributed by atoms with E-state index in [9.17, 15) is 4.79 Å². The van der Waals surface area contributed by atoms with Gasteiger partial charge in [-0.1, -0.05) is 17.7 Å². The summed E-state index contributed by atoms with van der Waals surface area (Å²) in [5.41, 5.74) is 4.24. The van der Waals surface area contributed by atoms with Gasteiger partial charge in [0.05, 0.1) is 5.69 Å². The number of carboxylic acid groups (broad SMARTS) is 1. The molecule has 0 fully saturated rings. The van der Waals surface area contributed by atoms with Gasteiger partial charge in [-0.2, -0.15) is 5.10 Å². The molecule has 0 aliphatic carbocycles. The van der Waals surface area contributed by atoms with E-state index in [2.05, 4.69) is 11.2 Å². The SMILES string of the molecule is Cc1ccc(C)c(-c2cc(C(=O)O)nn2C(C)C)c1. The van der Waals surface area contributed by atoms with Gasteiger partial charge in [0.25, 0.3) is 0 Å². The average molecular weight is 258 g/mol. The summed E-state index contributed by atoms with van der Waals surface area (Å²) in [6.07, 6.45) is 0. The first-order valence-electron chi connectivity index (χ1n) is 6.30. The standard InChI is InChI=1S/C15H18N2O2/c1-9(2)17-14(8-13(16-17)15(18)19)12-7-10(3)5-6-11(12)4/h5-9H,1-4H3,(H,18,19). The molecule has 19 heavy (non-hydrogen) atoms. The van der Waals surface area contributed by atoms with Gasteiger partial charge >= 0.3 is 5.97 Å². The van der Waals surface area contributed by atoms with Crippen LogP contribution in [0.25, 0.3) is 11.3 Å². The minimum atomic E-state index is -0.994. The van der Waals surface area contributed by atoms with Crippen LogP contribution in [0.4, 0.5) is 0 Å². The Labute approximate surface area is 112 Å². The van der Waals surface area contributed by atoms with Crippen LogP contribution in [-0.2, 0) is 0 Å². The molecule has 0 saturated heterocycles. The molecule has 1 N–H and O–H groups in total. The summed E-state index contributed by atoms with van der Waals surface area (Å²) in [6.45, 7) is 8.03. The highest BCUT2D eigenvalue weighted by atomic mass is 16.4. The van der Waals surface area contributed by atoms with Crippen molar-refractivity contribution in [2.24, 2.45) is 0 Å². The Morgan fingerprint density at radius 1 is 1.26 bits per heavy atom. The number of hydrogen-bond acceptors (Lipinski definition) is 2. The molecule has 2 aromatic rings. The fraction of sp³-hybridized carbons (Fsp3) is 0.333. The van der Waals surface area contributed by atoms with E-state index in [-0.39, 0.29) is 11.7 Å². The normalized spacial score (nSPS) is 11.0. The van der Waals surface area contributed by atoms with Gasteiger partial charge in [0.15, 0.2) is 5.69 Å². The van der Waals surface area contributed by atoms with E-state index in [4.69, 9.17) is 5.11 Å². The van der Waals surface area contributed by atoms with Crippen molar-refractivity contribution in [1.29, 1.82) is 0 Å². The van der Waals surface area contributed by atoms with Crippen LogP contribution in [0.15, 0.2) is 24.3 Å². The monoisotopic (exact) mass is 258 g/mol. The maximum Gasteiger partial charge on any atom is 0.356 e. The first-order valence-corrected chi connectivity index (χ1v) is 6.30. The van der Waals surface area contributed by atoms with Gasteiger partial charge < -0.3 is 5.11 Å². The Balaban J connectivity index is 2.66. The minimum absolute atomic E-state index is 0.0876. The number of hydrogen-bond donors (Lipinski definition) is 1. The van der Waals surface area contributed by atoms with Crippen molar-refractivity contribution < 1.29 is 9.90 Å². The van der Waals surface area contributed by atoms with Gasteiger partial charge in [0.1, 0.15) is 0 Å². The third-order valence-corrected chi connectivity index (χ3v) is 3.11. The second kappa shape index (κ2) is 4.88. The number of rotatable bonds is 3. The van der Waals surface area contributed by atoms with E-state index in [0.717, 1.165) is 22.4 Å². The second-order valence-electron chi connectivity index (χ2n) is 5.08. The van der Waals surface area contributed by atoms with Crippen LogP contribution in [0, 0.1) is 13.8 Å². The molecular formula is C15H18N2O2. The molecule has 1 aromatic heterocycles. The van der Waals surface area contributed by atoms with E-state index < -0.39 is 5.97 Å². The number of carboxylic acids is 1. The summed E-state index contributed by atoms with van der Waals surface area (Å²) in [7, 11) is 0. The summed E-state index contributed by atoms with van der Waals surface area (Å²) < 4.78 is 1.77. The number of aryl methyl sites for hydroxylation is 2. The molecule has 0 radical (unpaired) electrons. The van der Waals surface area contributed by atoms with Crippen LogP contribution in [0.2, 0.25) is 0 Å². The van der Waals surface area contributed by atoms with E-state index in [0.29, 0.717) is 0 Å². The highest BCUT2D eigenvalue weighted by molar-refractivity contribution is 5.87. The molecule has 0 aliphatic rings. The topological polar surface area (TPSA) is 55.1 Å². The van der Waals surface area contributed by atoms with Crippen molar-refractivity contribution in [3.05, 3.63) is 41.1 Å². The summed E-state index contributed by atoms with van der Waals surface area (Å²) >= 11 is 0. The zero-order valence-electron chi connectivity index (χ0n) is 11.6. The Kier molecular flexibility index (Phi) is 3.42. The lowest BCUT2D eigenvalue weighted by atomic mass is 10.0. The van der Waals surface area contributed by atoms with Gasteiger partial charge in [-0.05, 0) is 45.4 Å².